The van der Waals surface area contributed by atoms with E-state index in [1.807, 2.05) is 52.0 Å². The Bertz CT molecular complexity index is 1380. The van der Waals surface area contributed by atoms with E-state index in [1.54, 1.807) is 49.4 Å². The number of rotatable bonds is 13. The van der Waals surface area contributed by atoms with Gasteiger partial charge >= 0.3 is 0 Å². The molecule has 0 aliphatic rings. The van der Waals surface area contributed by atoms with E-state index in [0.717, 1.165) is 21.9 Å². The quantitative estimate of drug-likeness (QED) is 0.317. The van der Waals surface area contributed by atoms with Gasteiger partial charge in [0.25, 0.3) is 10.0 Å². The first-order valence-electron chi connectivity index (χ1n) is 13.5. The third-order valence-corrected chi connectivity index (χ3v) is 8.44. The van der Waals surface area contributed by atoms with Crippen molar-refractivity contribution >= 4 is 27.5 Å². The van der Waals surface area contributed by atoms with Gasteiger partial charge in [0.1, 0.15) is 18.3 Å². The maximum Gasteiger partial charge on any atom is 0.264 e. The van der Waals surface area contributed by atoms with Gasteiger partial charge in [-0.25, -0.2) is 8.42 Å². The van der Waals surface area contributed by atoms with Crippen molar-refractivity contribution in [1.29, 1.82) is 0 Å². The van der Waals surface area contributed by atoms with Crippen LogP contribution in [0.15, 0.2) is 83.8 Å². The maximum absolute atomic E-state index is 14.0. The van der Waals surface area contributed by atoms with Gasteiger partial charge in [0.2, 0.25) is 11.8 Å². The lowest BCUT2D eigenvalue weighted by Gasteiger charge is -2.32. The number of nitrogens with one attached hydrogen (secondary N) is 1. The summed E-state index contributed by atoms with van der Waals surface area (Å²) < 4.78 is 34.3. The van der Waals surface area contributed by atoms with Crippen molar-refractivity contribution in [3.05, 3.63) is 90.0 Å². The fraction of sp³-hybridized carbons (Fsp3) is 0.355. The second-order valence-electron chi connectivity index (χ2n) is 9.76. The van der Waals surface area contributed by atoms with Crippen LogP contribution in [0, 0.1) is 6.92 Å². The minimum Gasteiger partial charge on any atom is -0.494 e. The molecule has 214 valence electrons. The lowest BCUT2D eigenvalue weighted by molar-refractivity contribution is -0.139. The van der Waals surface area contributed by atoms with Crippen molar-refractivity contribution in [2.75, 3.05) is 17.5 Å². The highest BCUT2D eigenvalue weighted by Crippen LogP contribution is 2.26. The Morgan fingerprint density at radius 3 is 2.20 bits per heavy atom. The summed E-state index contributed by atoms with van der Waals surface area (Å²) in [5, 5.41) is 2.94. The molecule has 40 heavy (non-hydrogen) atoms. The van der Waals surface area contributed by atoms with Crippen molar-refractivity contribution < 1.29 is 22.7 Å². The Morgan fingerprint density at radius 2 is 1.60 bits per heavy atom. The number of sulfonamides is 1. The van der Waals surface area contributed by atoms with Crippen LogP contribution in [-0.4, -0.2) is 50.4 Å². The predicted molar refractivity (Wildman–Crippen MR) is 158 cm³/mol. The largest absolute Gasteiger partial charge is 0.494 e. The molecule has 0 spiro atoms. The molecule has 2 amide bonds. The maximum atomic E-state index is 14.0. The summed E-state index contributed by atoms with van der Waals surface area (Å²) in [4.78, 5) is 28.6. The van der Waals surface area contributed by atoms with Crippen LogP contribution in [0.25, 0.3) is 0 Å². The third-order valence-electron chi connectivity index (χ3n) is 6.65. The number of amides is 2. The minimum absolute atomic E-state index is 0.0597. The molecule has 0 heterocycles. The lowest BCUT2D eigenvalue weighted by atomic mass is 10.1. The molecule has 9 heteroatoms. The van der Waals surface area contributed by atoms with Gasteiger partial charge in [-0.1, -0.05) is 55.0 Å². The summed E-state index contributed by atoms with van der Waals surface area (Å²) in [6.07, 6.45) is 0.741. The molecular formula is C31H39N3O5S. The van der Waals surface area contributed by atoms with Crippen molar-refractivity contribution in [2.45, 2.75) is 64.6 Å². The molecule has 3 aromatic rings. The molecule has 0 saturated heterocycles. The smallest absolute Gasteiger partial charge is 0.264 e. The molecule has 0 bridgehead atoms. The van der Waals surface area contributed by atoms with E-state index in [2.05, 4.69) is 5.32 Å². The monoisotopic (exact) mass is 565 g/mol. The van der Waals surface area contributed by atoms with Crippen molar-refractivity contribution in [3.8, 4) is 5.75 Å². The van der Waals surface area contributed by atoms with Gasteiger partial charge in [0.05, 0.1) is 17.2 Å². The molecular weight excluding hydrogens is 526 g/mol. The van der Waals surface area contributed by atoms with E-state index in [-0.39, 0.29) is 23.4 Å². The zero-order valence-corrected chi connectivity index (χ0v) is 24.6. The van der Waals surface area contributed by atoms with Crippen LogP contribution in [0.1, 0.15) is 45.2 Å². The van der Waals surface area contributed by atoms with Crippen molar-refractivity contribution in [3.63, 3.8) is 0 Å². The van der Waals surface area contributed by atoms with Gasteiger partial charge in [-0.15, -0.1) is 0 Å². The zero-order valence-electron chi connectivity index (χ0n) is 23.8. The van der Waals surface area contributed by atoms with Gasteiger partial charge < -0.3 is 15.0 Å². The first-order valence-corrected chi connectivity index (χ1v) is 15.0. The highest BCUT2D eigenvalue weighted by molar-refractivity contribution is 7.92. The van der Waals surface area contributed by atoms with E-state index < -0.39 is 28.5 Å². The summed E-state index contributed by atoms with van der Waals surface area (Å²) in [6.45, 7) is 9.48. The van der Waals surface area contributed by atoms with Crippen LogP contribution < -0.4 is 14.4 Å². The van der Waals surface area contributed by atoms with E-state index in [0.29, 0.717) is 18.0 Å². The van der Waals surface area contributed by atoms with Gasteiger partial charge in [-0.2, -0.15) is 0 Å². The number of carbonyl (C=O) groups excluding carboxylic acids is 2. The van der Waals surface area contributed by atoms with Crippen LogP contribution in [0.5, 0.6) is 5.75 Å². The minimum atomic E-state index is -4.11. The molecule has 2 atom stereocenters. The van der Waals surface area contributed by atoms with Gasteiger partial charge in [-0.3, -0.25) is 13.9 Å². The molecule has 0 radical (unpaired) electrons. The second-order valence-corrected chi connectivity index (χ2v) is 11.6. The Labute approximate surface area is 238 Å². The SMILES string of the molecule is CCOc1ccc(N(CC(=O)N(Cc2cccc(C)c2)[C@H](C)C(=O)N[C@@H](C)CC)S(=O)(=O)c2ccccc2)cc1. The Hall–Kier alpha value is -3.85. The van der Waals surface area contributed by atoms with Crippen LogP contribution in [0.3, 0.4) is 0 Å². The molecule has 3 rings (SSSR count). The Balaban J connectivity index is 2.01. The van der Waals surface area contributed by atoms with Crippen molar-refractivity contribution in [1.82, 2.24) is 10.2 Å². The normalized spacial score (nSPS) is 12.7. The lowest BCUT2D eigenvalue weighted by Crippen LogP contribution is -2.52. The molecule has 0 aliphatic heterocycles. The third kappa shape index (κ3) is 7.85. The number of carbonyl (C=O) groups is 2. The summed E-state index contributed by atoms with van der Waals surface area (Å²) >= 11 is 0. The van der Waals surface area contributed by atoms with Crippen LogP contribution >= 0.6 is 0 Å². The fourth-order valence-corrected chi connectivity index (χ4v) is 5.61. The highest BCUT2D eigenvalue weighted by Gasteiger charge is 2.32. The molecule has 0 fully saturated rings. The van der Waals surface area contributed by atoms with E-state index >= 15 is 0 Å². The first kappa shape index (κ1) is 30.7. The Kier molecular flexibility index (Phi) is 10.7. The van der Waals surface area contributed by atoms with Gasteiger partial charge in [-0.05, 0) is 76.1 Å². The number of aryl methyl sites for hydroxylation is 1. The van der Waals surface area contributed by atoms with Gasteiger partial charge in [0.15, 0.2) is 0 Å². The zero-order chi connectivity index (χ0) is 29.3. The summed E-state index contributed by atoms with van der Waals surface area (Å²) in [5.41, 5.74) is 2.17. The van der Waals surface area contributed by atoms with E-state index in [1.165, 1.54) is 17.0 Å². The average molecular weight is 566 g/mol. The number of benzene rings is 3. The van der Waals surface area contributed by atoms with Crippen LogP contribution in [-0.2, 0) is 26.2 Å². The number of ether oxygens (including phenoxy) is 1. The van der Waals surface area contributed by atoms with Gasteiger partial charge in [0, 0.05) is 12.6 Å². The van der Waals surface area contributed by atoms with Crippen LogP contribution in [0.2, 0.25) is 0 Å². The van der Waals surface area contributed by atoms with Crippen LogP contribution in [0.4, 0.5) is 5.69 Å². The summed E-state index contributed by atoms with van der Waals surface area (Å²) in [6, 6.07) is 21.3. The van der Waals surface area contributed by atoms with Crippen molar-refractivity contribution in [2.24, 2.45) is 0 Å². The second kappa shape index (κ2) is 14.0. The summed E-state index contributed by atoms with van der Waals surface area (Å²) in [7, 11) is -4.11. The predicted octanol–water partition coefficient (Wildman–Crippen LogP) is 4.92. The number of hydrogen-bond acceptors (Lipinski definition) is 5. The average Bonchev–Trinajstić information content (AvgIpc) is 2.95. The standard InChI is InChI=1S/C31H39N3O5S/c1-6-24(4)32-31(36)25(5)33(21-26-13-11-12-23(3)20-26)30(35)22-34(27-16-18-28(19-17-27)39-7-2)40(37,38)29-14-9-8-10-15-29/h8-20,24-25H,6-7,21-22H2,1-5H3,(H,32,36)/t24-,25+/m0/s1. The van der Waals surface area contributed by atoms with E-state index in [4.69, 9.17) is 4.74 Å². The molecule has 0 aliphatic carbocycles. The Morgan fingerprint density at radius 1 is 0.925 bits per heavy atom. The van der Waals surface area contributed by atoms with E-state index in [9.17, 15) is 18.0 Å². The number of hydrogen-bond donors (Lipinski definition) is 1. The molecule has 3 aromatic carbocycles. The molecule has 0 unspecified atom stereocenters. The molecule has 0 aromatic heterocycles. The molecule has 1 N–H and O–H groups in total. The number of nitrogens with zero attached hydrogens (tertiary/aromatic N) is 2. The fourth-order valence-electron chi connectivity index (χ4n) is 4.18. The molecule has 0 saturated carbocycles. The summed E-state index contributed by atoms with van der Waals surface area (Å²) in [5.74, 6) is -0.207. The first-order chi connectivity index (χ1) is 19.1. The molecule has 8 nitrogen and oxygen atoms in total. The topological polar surface area (TPSA) is 96.0 Å². The number of anilines is 1. The highest BCUT2D eigenvalue weighted by atomic mass is 32.2.